The summed E-state index contributed by atoms with van der Waals surface area (Å²) in [5.41, 5.74) is 0. The fourth-order valence-corrected chi connectivity index (χ4v) is 2.82. The van der Waals surface area contributed by atoms with E-state index in [1.54, 1.807) is 36.7 Å². The van der Waals surface area contributed by atoms with Crippen LogP contribution in [0.5, 0.6) is 11.5 Å². The topological polar surface area (TPSA) is 79.7 Å². The molecular formula is C14H16N2O4S. The summed E-state index contributed by atoms with van der Waals surface area (Å²) in [6, 6.07) is 9.53. The molecule has 0 radical (unpaired) electrons. The maximum Gasteiger partial charge on any atom is 0.242 e. The Hall–Kier alpha value is -1.96. The molecule has 0 amide bonds. The molecule has 0 aliphatic heterocycles. The second kappa shape index (κ2) is 6.66. The number of ether oxygens (including phenoxy) is 1. The molecule has 0 saturated carbocycles. The first kappa shape index (κ1) is 15.4. The van der Waals surface area contributed by atoms with Crippen molar-refractivity contribution in [3.8, 4) is 11.5 Å². The van der Waals surface area contributed by atoms with Crippen LogP contribution < -0.4 is 4.74 Å². The largest absolute Gasteiger partial charge is 0.457 e. The van der Waals surface area contributed by atoms with Crippen LogP contribution >= 0.6 is 0 Å². The molecule has 112 valence electrons. The van der Waals surface area contributed by atoms with E-state index in [9.17, 15) is 8.42 Å². The molecule has 0 fully saturated rings. The predicted octanol–water partition coefficient (Wildman–Crippen LogP) is 1.49. The summed E-state index contributed by atoms with van der Waals surface area (Å²) in [6.45, 7) is -0.170. The minimum absolute atomic E-state index is 0.0532. The lowest BCUT2D eigenvalue weighted by atomic mass is 10.3. The van der Waals surface area contributed by atoms with Crippen LogP contribution in [-0.2, 0) is 10.0 Å². The zero-order valence-corrected chi connectivity index (χ0v) is 12.3. The Bertz CT molecular complexity index is 672. The molecule has 0 aliphatic carbocycles. The molecule has 0 saturated heterocycles. The number of aliphatic hydroxyl groups excluding tert-OH is 1. The summed E-state index contributed by atoms with van der Waals surface area (Å²) >= 11 is 0. The first-order valence-electron chi connectivity index (χ1n) is 6.29. The molecule has 6 nitrogen and oxygen atoms in total. The van der Waals surface area contributed by atoms with Crippen molar-refractivity contribution in [3.05, 3.63) is 48.8 Å². The number of hydrogen-bond donors (Lipinski definition) is 1. The van der Waals surface area contributed by atoms with Crippen molar-refractivity contribution >= 4 is 10.0 Å². The van der Waals surface area contributed by atoms with Crippen LogP contribution in [0.4, 0.5) is 0 Å². The molecule has 1 aromatic carbocycles. The molecule has 2 aromatic rings. The van der Waals surface area contributed by atoms with Crippen LogP contribution in [0.1, 0.15) is 0 Å². The third-order valence-corrected chi connectivity index (χ3v) is 4.70. The maximum atomic E-state index is 12.2. The van der Waals surface area contributed by atoms with E-state index in [1.807, 2.05) is 0 Å². The molecule has 1 aromatic heterocycles. The Kier molecular flexibility index (Phi) is 4.89. The predicted molar refractivity (Wildman–Crippen MR) is 77.7 cm³/mol. The van der Waals surface area contributed by atoms with Gasteiger partial charge in [-0.05, 0) is 36.4 Å². The average Bonchev–Trinajstić information content (AvgIpc) is 2.49. The van der Waals surface area contributed by atoms with Crippen LogP contribution in [0, 0.1) is 0 Å². The zero-order valence-electron chi connectivity index (χ0n) is 11.5. The summed E-state index contributed by atoms with van der Waals surface area (Å²) in [7, 11) is -2.16. The van der Waals surface area contributed by atoms with Gasteiger partial charge in [-0.25, -0.2) is 8.42 Å². The molecule has 7 heteroatoms. The Balaban J connectivity index is 2.15. The molecule has 21 heavy (non-hydrogen) atoms. The minimum Gasteiger partial charge on any atom is -0.457 e. The van der Waals surface area contributed by atoms with Gasteiger partial charge in [-0.2, -0.15) is 4.31 Å². The number of pyridine rings is 1. The normalized spacial score (nSPS) is 11.6. The van der Waals surface area contributed by atoms with Crippen LogP contribution in [0.3, 0.4) is 0 Å². The van der Waals surface area contributed by atoms with Crippen molar-refractivity contribution < 1.29 is 18.3 Å². The van der Waals surface area contributed by atoms with Crippen molar-refractivity contribution in [2.45, 2.75) is 4.90 Å². The summed E-state index contributed by atoms with van der Waals surface area (Å²) in [6.07, 6.45) is 3.22. The Morgan fingerprint density at radius 2 is 1.67 bits per heavy atom. The highest BCUT2D eigenvalue weighted by Crippen LogP contribution is 2.23. The van der Waals surface area contributed by atoms with E-state index in [4.69, 9.17) is 9.84 Å². The van der Waals surface area contributed by atoms with E-state index in [0.717, 1.165) is 4.31 Å². The lowest BCUT2D eigenvalue weighted by Gasteiger charge is -2.16. The van der Waals surface area contributed by atoms with Gasteiger partial charge >= 0.3 is 0 Å². The van der Waals surface area contributed by atoms with Crippen LogP contribution in [0.25, 0.3) is 0 Å². The number of benzene rings is 1. The van der Waals surface area contributed by atoms with E-state index < -0.39 is 10.0 Å². The smallest absolute Gasteiger partial charge is 0.242 e. The third kappa shape index (κ3) is 3.78. The van der Waals surface area contributed by atoms with Gasteiger partial charge in [0, 0.05) is 26.0 Å². The van der Waals surface area contributed by atoms with E-state index in [1.165, 1.54) is 19.2 Å². The number of hydrogen-bond acceptors (Lipinski definition) is 5. The Morgan fingerprint density at radius 1 is 1.10 bits per heavy atom. The van der Waals surface area contributed by atoms with Gasteiger partial charge in [0.25, 0.3) is 0 Å². The fourth-order valence-electron chi connectivity index (χ4n) is 1.66. The van der Waals surface area contributed by atoms with Gasteiger partial charge in [-0.15, -0.1) is 0 Å². The minimum atomic E-state index is -3.58. The monoisotopic (exact) mass is 308 g/mol. The van der Waals surface area contributed by atoms with Crippen molar-refractivity contribution in [1.29, 1.82) is 0 Å². The molecule has 0 bridgehead atoms. The number of likely N-dealkylation sites (N-methyl/N-ethyl adjacent to an activating group) is 1. The van der Waals surface area contributed by atoms with Gasteiger partial charge in [0.1, 0.15) is 11.5 Å². The second-order valence-corrected chi connectivity index (χ2v) is 6.35. The number of aromatic nitrogens is 1. The van der Waals surface area contributed by atoms with Gasteiger partial charge in [0.15, 0.2) is 0 Å². The summed E-state index contributed by atoms with van der Waals surface area (Å²) in [5.74, 6) is 1.16. The molecule has 2 rings (SSSR count). The van der Waals surface area contributed by atoms with Crippen molar-refractivity contribution in [1.82, 2.24) is 9.29 Å². The molecule has 1 N–H and O–H groups in total. The van der Waals surface area contributed by atoms with Crippen LogP contribution in [0.2, 0.25) is 0 Å². The number of rotatable bonds is 6. The van der Waals surface area contributed by atoms with Crippen LogP contribution in [0.15, 0.2) is 53.7 Å². The Morgan fingerprint density at radius 3 is 2.24 bits per heavy atom. The number of nitrogens with zero attached hydrogens (tertiary/aromatic N) is 2. The van der Waals surface area contributed by atoms with E-state index in [2.05, 4.69) is 4.98 Å². The SMILES string of the molecule is CN(CCO)S(=O)(=O)c1ccc(Oc2ccncc2)cc1. The fraction of sp³-hybridized carbons (Fsp3) is 0.214. The van der Waals surface area contributed by atoms with Gasteiger partial charge < -0.3 is 9.84 Å². The highest BCUT2D eigenvalue weighted by molar-refractivity contribution is 7.89. The number of sulfonamides is 1. The van der Waals surface area contributed by atoms with Crippen LogP contribution in [-0.4, -0.2) is 43.0 Å². The van der Waals surface area contributed by atoms with Gasteiger partial charge in [0.05, 0.1) is 11.5 Å². The lowest BCUT2D eigenvalue weighted by Crippen LogP contribution is -2.29. The Labute approximate surface area is 123 Å². The van der Waals surface area contributed by atoms with Gasteiger partial charge in [0.2, 0.25) is 10.0 Å². The molecular weight excluding hydrogens is 292 g/mol. The number of aliphatic hydroxyl groups is 1. The highest BCUT2D eigenvalue weighted by atomic mass is 32.2. The molecule has 0 atom stereocenters. The quantitative estimate of drug-likeness (QED) is 0.874. The van der Waals surface area contributed by atoms with Gasteiger partial charge in [-0.3, -0.25) is 4.98 Å². The molecule has 1 heterocycles. The van der Waals surface area contributed by atoms with E-state index in [0.29, 0.717) is 11.5 Å². The average molecular weight is 308 g/mol. The lowest BCUT2D eigenvalue weighted by molar-refractivity contribution is 0.266. The summed E-state index contributed by atoms with van der Waals surface area (Å²) in [5, 5.41) is 8.82. The second-order valence-electron chi connectivity index (χ2n) is 4.31. The molecule has 0 spiro atoms. The van der Waals surface area contributed by atoms with E-state index in [-0.39, 0.29) is 18.0 Å². The van der Waals surface area contributed by atoms with Gasteiger partial charge in [-0.1, -0.05) is 0 Å². The third-order valence-electron chi connectivity index (χ3n) is 2.83. The first-order chi connectivity index (χ1) is 10.0. The standard InChI is InChI=1S/C14H16N2O4S/c1-16(10-11-17)21(18,19)14-4-2-12(3-5-14)20-13-6-8-15-9-7-13/h2-9,17H,10-11H2,1H3. The van der Waals surface area contributed by atoms with Crippen molar-refractivity contribution in [2.24, 2.45) is 0 Å². The maximum absolute atomic E-state index is 12.2. The highest BCUT2D eigenvalue weighted by Gasteiger charge is 2.19. The summed E-state index contributed by atoms with van der Waals surface area (Å²) in [4.78, 5) is 4.04. The zero-order chi connectivity index (χ0) is 15.3. The van der Waals surface area contributed by atoms with Crippen molar-refractivity contribution in [3.63, 3.8) is 0 Å². The van der Waals surface area contributed by atoms with Crippen molar-refractivity contribution in [2.75, 3.05) is 20.2 Å². The molecule has 0 aliphatic rings. The van der Waals surface area contributed by atoms with E-state index >= 15 is 0 Å². The molecule has 0 unspecified atom stereocenters. The first-order valence-corrected chi connectivity index (χ1v) is 7.73. The summed E-state index contributed by atoms with van der Waals surface area (Å²) < 4.78 is 31.0.